The van der Waals surface area contributed by atoms with E-state index in [1.165, 1.54) is 11.1 Å². The Bertz CT molecular complexity index is 596. The standard InChI is InChI=1S/C20H25NO2/c1-21(2)14-18(15-22)16-23-20-11-7-6-10-19(20)13-12-17-8-4-3-5-9-17/h3-11,15,18H,12-14,16H2,1-2H3. The van der Waals surface area contributed by atoms with Gasteiger partial charge in [-0.15, -0.1) is 0 Å². The number of rotatable bonds is 9. The normalized spacial score (nSPS) is 12.1. The van der Waals surface area contributed by atoms with Crippen LogP contribution >= 0.6 is 0 Å². The van der Waals surface area contributed by atoms with Crippen LogP contribution < -0.4 is 4.74 Å². The van der Waals surface area contributed by atoms with Crippen LogP contribution in [-0.4, -0.2) is 38.4 Å². The third kappa shape index (κ3) is 5.87. The number of para-hydroxylation sites is 1. The molecule has 0 aliphatic rings. The molecule has 1 atom stereocenters. The Balaban J connectivity index is 1.95. The van der Waals surface area contributed by atoms with Crippen LogP contribution in [-0.2, 0) is 17.6 Å². The van der Waals surface area contributed by atoms with E-state index in [1.54, 1.807) is 0 Å². The van der Waals surface area contributed by atoms with Gasteiger partial charge in [0.15, 0.2) is 0 Å². The molecule has 23 heavy (non-hydrogen) atoms. The smallest absolute Gasteiger partial charge is 0.127 e. The third-order valence-electron chi connectivity index (χ3n) is 3.74. The van der Waals surface area contributed by atoms with Gasteiger partial charge in [0.25, 0.3) is 0 Å². The fourth-order valence-electron chi connectivity index (χ4n) is 2.58. The number of aldehydes is 1. The molecule has 3 heteroatoms. The highest BCUT2D eigenvalue weighted by atomic mass is 16.5. The minimum absolute atomic E-state index is 0.104. The number of aryl methyl sites for hydroxylation is 2. The zero-order valence-corrected chi connectivity index (χ0v) is 13.9. The maximum absolute atomic E-state index is 11.2. The quantitative estimate of drug-likeness (QED) is 0.666. The van der Waals surface area contributed by atoms with Gasteiger partial charge < -0.3 is 14.4 Å². The van der Waals surface area contributed by atoms with Crippen molar-refractivity contribution in [3.05, 3.63) is 65.7 Å². The summed E-state index contributed by atoms with van der Waals surface area (Å²) < 4.78 is 5.92. The lowest BCUT2D eigenvalue weighted by Crippen LogP contribution is -2.27. The van der Waals surface area contributed by atoms with Gasteiger partial charge in [-0.2, -0.15) is 0 Å². The van der Waals surface area contributed by atoms with E-state index in [1.807, 2.05) is 43.3 Å². The number of hydrogen-bond donors (Lipinski definition) is 0. The molecule has 0 saturated carbocycles. The third-order valence-corrected chi connectivity index (χ3v) is 3.74. The Labute approximate surface area is 138 Å². The average Bonchev–Trinajstić information content (AvgIpc) is 2.58. The number of carbonyl (C=O) groups excluding carboxylic acids is 1. The molecule has 0 bridgehead atoms. The van der Waals surface area contributed by atoms with E-state index in [0.717, 1.165) is 24.9 Å². The second-order valence-corrected chi connectivity index (χ2v) is 6.06. The molecule has 1 unspecified atom stereocenters. The fraction of sp³-hybridized carbons (Fsp3) is 0.350. The molecule has 0 spiro atoms. The van der Waals surface area contributed by atoms with Crippen LogP contribution in [0.4, 0.5) is 0 Å². The Morgan fingerprint density at radius 3 is 2.39 bits per heavy atom. The molecule has 2 rings (SSSR count). The molecule has 0 radical (unpaired) electrons. The summed E-state index contributed by atoms with van der Waals surface area (Å²) in [6.07, 6.45) is 2.89. The predicted molar refractivity (Wildman–Crippen MR) is 93.9 cm³/mol. The molecule has 0 aliphatic carbocycles. The summed E-state index contributed by atoms with van der Waals surface area (Å²) in [7, 11) is 3.93. The highest BCUT2D eigenvalue weighted by Crippen LogP contribution is 2.20. The molecule has 2 aromatic rings. The van der Waals surface area contributed by atoms with E-state index in [0.29, 0.717) is 13.2 Å². The molecule has 0 aromatic heterocycles. The summed E-state index contributed by atoms with van der Waals surface area (Å²) in [5, 5.41) is 0. The van der Waals surface area contributed by atoms with E-state index in [-0.39, 0.29) is 5.92 Å². The Kier molecular flexibility index (Phi) is 6.82. The number of benzene rings is 2. The van der Waals surface area contributed by atoms with Crippen molar-refractivity contribution in [2.24, 2.45) is 5.92 Å². The lowest BCUT2D eigenvalue weighted by Gasteiger charge is -2.18. The van der Waals surface area contributed by atoms with Crippen molar-refractivity contribution in [2.75, 3.05) is 27.2 Å². The minimum atomic E-state index is -0.104. The fourth-order valence-corrected chi connectivity index (χ4v) is 2.58. The number of carbonyl (C=O) groups is 1. The van der Waals surface area contributed by atoms with Crippen molar-refractivity contribution < 1.29 is 9.53 Å². The zero-order valence-electron chi connectivity index (χ0n) is 13.9. The molecule has 0 heterocycles. The molecular formula is C20H25NO2. The summed E-state index contributed by atoms with van der Waals surface area (Å²) >= 11 is 0. The maximum atomic E-state index is 11.2. The maximum Gasteiger partial charge on any atom is 0.127 e. The van der Waals surface area contributed by atoms with E-state index in [2.05, 4.69) is 30.3 Å². The van der Waals surface area contributed by atoms with Crippen LogP contribution in [0.25, 0.3) is 0 Å². The number of ether oxygens (including phenoxy) is 1. The zero-order chi connectivity index (χ0) is 16.5. The van der Waals surface area contributed by atoms with Gasteiger partial charge in [-0.1, -0.05) is 48.5 Å². The number of hydrogen-bond acceptors (Lipinski definition) is 3. The van der Waals surface area contributed by atoms with E-state index in [9.17, 15) is 4.79 Å². The first-order chi connectivity index (χ1) is 11.2. The van der Waals surface area contributed by atoms with E-state index < -0.39 is 0 Å². The van der Waals surface area contributed by atoms with Crippen LogP contribution in [0.2, 0.25) is 0 Å². The lowest BCUT2D eigenvalue weighted by molar-refractivity contribution is -0.112. The van der Waals surface area contributed by atoms with E-state index >= 15 is 0 Å². The summed E-state index contributed by atoms with van der Waals surface area (Å²) in [6.45, 7) is 1.12. The molecule has 0 saturated heterocycles. The minimum Gasteiger partial charge on any atom is -0.493 e. The van der Waals surface area contributed by atoms with Gasteiger partial charge in [0.05, 0.1) is 12.5 Å². The van der Waals surface area contributed by atoms with Gasteiger partial charge in [-0.25, -0.2) is 0 Å². The molecule has 0 aliphatic heterocycles. The Hall–Kier alpha value is -2.13. The monoisotopic (exact) mass is 311 g/mol. The average molecular weight is 311 g/mol. The van der Waals surface area contributed by atoms with Crippen molar-refractivity contribution in [2.45, 2.75) is 12.8 Å². The van der Waals surface area contributed by atoms with Crippen molar-refractivity contribution in [3.8, 4) is 5.75 Å². The van der Waals surface area contributed by atoms with Gasteiger partial charge in [0.1, 0.15) is 12.0 Å². The van der Waals surface area contributed by atoms with Crippen LogP contribution in [0, 0.1) is 5.92 Å². The highest BCUT2D eigenvalue weighted by Gasteiger charge is 2.11. The van der Waals surface area contributed by atoms with Gasteiger partial charge in [0, 0.05) is 6.54 Å². The SMILES string of the molecule is CN(C)CC(C=O)COc1ccccc1CCc1ccccc1. The molecule has 2 aromatic carbocycles. The van der Waals surface area contributed by atoms with Crippen LogP contribution in [0.15, 0.2) is 54.6 Å². The van der Waals surface area contributed by atoms with Gasteiger partial charge in [-0.05, 0) is 44.1 Å². The van der Waals surface area contributed by atoms with Gasteiger partial charge >= 0.3 is 0 Å². The second-order valence-electron chi connectivity index (χ2n) is 6.06. The van der Waals surface area contributed by atoms with Crippen molar-refractivity contribution in [1.82, 2.24) is 4.90 Å². The first-order valence-electron chi connectivity index (χ1n) is 8.03. The van der Waals surface area contributed by atoms with E-state index in [4.69, 9.17) is 4.74 Å². The molecule has 3 nitrogen and oxygen atoms in total. The molecule has 122 valence electrons. The van der Waals surface area contributed by atoms with Crippen molar-refractivity contribution >= 4 is 6.29 Å². The highest BCUT2D eigenvalue weighted by molar-refractivity contribution is 5.54. The summed E-state index contributed by atoms with van der Waals surface area (Å²) in [4.78, 5) is 13.2. The number of nitrogens with zero attached hydrogens (tertiary/aromatic N) is 1. The van der Waals surface area contributed by atoms with Crippen LogP contribution in [0.3, 0.4) is 0 Å². The van der Waals surface area contributed by atoms with Crippen LogP contribution in [0.5, 0.6) is 5.75 Å². The molecule has 0 N–H and O–H groups in total. The summed E-state index contributed by atoms with van der Waals surface area (Å²) in [5.74, 6) is 0.779. The summed E-state index contributed by atoms with van der Waals surface area (Å²) in [5.41, 5.74) is 2.51. The summed E-state index contributed by atoms with van der Waals surface area (Å²) in [6, 6.07) is 18.5. The first kappa shape index (κ1) is 17.2. The molecular weight excluding hydrogens is 286 g/mol. The Morgan fingerprint density at radius 1 is 1.00 bits per heavy atom. The Morgan fingerprint density at radius 2 is 1.70 bits per heavy atom. The van der Waals surface area contributed by atoms with Gasteiger partial charge in [0.2, 0.25) is 0 Å². The predicted octanol–water partition coefficient (Wildman–Crippen LogP) is 3.23. The second kappa shape index (κ2) is 9.11. The molecule has 0 fully saturated rings. The van der Waals surface area contributed by atoms with Crippen molar-refractivity contribution in [1.29, 1.82) is 0 Å². The topological polar surface area (TPSA) is 29.5 Å². The van der Waals surface area contributed by atoms with Crippen LogP contribution in [0.1, 0.15) is 11.1 Å². The lowest BCUT2D eigenvalue weighted by atomic mass is 10.0. The van der Waals surface area contributed by atoms with Gasteiger partial charge in [-0.3, -0.25) is 0 Å². The molecule has 0 amide bonds. The van der Waals surface area contributed by atoms with Crippen molar-refractivity contribution in [3.63, 3.8) is 0 Å². The first-order valence-corrected chi connectivity index (χ1v) is 8.03. The largest absolute Gasteiger partial charge is 0.493 e.